The number of rotatable bonds is 6. The summed E-state index contributed by atoms with van der Waals surface area (Å²) in [6.45, 7) is 9.12. The summed E-state index contributed by atoms with van der Waals surface area (Å²) >= 11 is 0. The van der Waals surface area contributed by atoms with Crippen LogP contribution in [0.5, 0.6) is 0 Å². The Balaban J connectivity index is 2.29. The highest BCUT2D eigenvalue weighted by Crippen LogP contribution is 2.19. The first kappa shape index (κ1) is 14.7. The van der Waals surface area contributed by atoms with E-state index < -0.39 is 6.29 Å². The Morgan fingerprint density at radius 1 is 1.15 bits per heavy atom. The zero-order chi connectivity index (χ0) is 14.5. The molecule has 2 rings (SSSR count). The highest BCUT2D eigenvalue weighted by atomic mass is 16.7. The fraction of sp³-hybridized carbons (Fsp3) is 0.467. The van der Waals surface area contributed by atoms with Gasteiger partial charge in [-0.2, -0.15) is 0 Å². The Kier molecular flexibility index (Phi) is 4.87. The summed E-state index contributed by atoms with van der Waals surface area (Å²) in [4.78, 5) is 0. The molecule has 0 saturated carbocycles. The molecule has 0 aliphatic heterocycles. The summed E-state index contributed by atoms with van der Waals surface area (Å²) in [6, 6.07) is 6.25. The van der Waals surface area contributed by atoms with Crippen LogP contribution in [0.4, 0.5) is 0 Å². The van der Waals surface area contributed by atoms with Crippen molar-refractivity contribution < 1.29 is 9.47 Å². The van der Waals surface area contributed by atoms with Gasteiger partial charge in [0.05, 0.1) is 11.9 Å². The lowest BCUT2D eigenvalue weighted by Crippen LogP contribution is -2.09. The SMILES string of the molecule is CCOC(OCC)c1cn(-c2cc(C)ccc2C)nn1. The molecule has 0 N–H and O–H groups in total. The summed E-state index contributed by atoms with van der Waals surface area (Å²) in [5.74, 6) is 0. The molecule has 2 aromatic rings. The van der Waals surface area contributed by atoms with Crippen LogP contribution in [0.1, 0.15) is 37.0 Å². The maximum Gasteiger partial charge on any atom is 0.204 e. The molecular weight excluding hydrogens is 254 g/mol. The van der Waals surface area contributed by atoms with Crippen molar-refractivity contribution >= 4 is 0 Å². The van der Waals surface area contributed by atoms with Crippen molar-refractivity contribution in [3.8, 4) is 5.69 Å². The highest BCUT2D eigenvalue weighted by molar-refractivity contribution is 5.42. The molecule has 0 amide bonds. The largest absolute Gasteiger partial charge is 0.347 e. The van der Waals surface area contributed by atoms with Crippen molar-refractivity contribution in [1.29, 1.82) is 0 Å². The molecule has 108 valence electrons. The molecule has 0 saturated heterocycles. The Morgan fingerprint density at radius 2 is 1.85 bits per heavy atom. The first-order valence-corrected chi connectivity index (χ1v) is 6.88. The van der Waals surface area contributed by atoms with Crippen molar-refractivity contribution in [2.24, 2.45) is 0 Å². The van der Waals surface area contributed by atoms with Crippen molar-refractivity contribution in [2.75, 3.05) is 13.2 Å². The number of nitrogens with zero attached hydrogens (tertiary/aromatic N) is 3. The topological polar surface area (TPSA) is 49.2 Å². The van der Waals surface area contributed by atoms with E-state index in [1.165, 1.54) is 5.56 Å². The molecule has 0 fully saturated rings. The van der Waals surface area contributed by atoms with Gasteiger partial charge in [-0.25, -0.2) is 4.68 Å². The van der Waals surface area contributed by atoms with Gasteiger partial charge in [0.25, 0.3) is 0 Å². The second-order valence-corrected chi connectivity index (χ2v) is 4.62. The van der Waals surface area contributed by atoms with E-state index in [9.17, 15) is 0 Å². The fourth-order valence-electron chi connectivity index (χ4n) is 1.99. The van der Waals surface area contributed by atoms with E-state index in [0.717, 1.165) is 11.3 Å². The van der Waals surface area contributed by atoms with Crippen LogP contribution in [0.25, 0.3) is 5.69 Å². The quantitative estimate of drug-likeness (QED) is 0.760. The van der Waals surface area contributed by atoms with E-state index in [1.54, 1.807) is 4.68 Å². The van der Waals surface area contributed by atoms with Crippen LogP contribution in [-0.4, -0.2) is 28.2 Å². The Bertz CT molecular complexity index is 560. The van der Waals surface area contributed by atoms with Gasteiger partial charge in [0.15, 0.2) is 0 Å². The van der Waals surface area contributed by atoms with Crippen LogP contribution in [-0.2, 0) is 9.47 Å². The maximum absolute atomic E-state index is 5.53. The molecule has 1 aromatic carbocycles. The van der Waals surface area contributed by atoms with Crippen LogP contribution in [0, 0.1) is 13.8 Å². The molecule has 5 heteroatoms. The average molecular weight is 275 g/mol. The summed E-state index contributed by atoms with van der Waals surface area (Å²) in [7, 11) is 0. The van der Waals surface area contributed by atoms with E-state index in [4.69, 9.17) is 9.47 Å². The summed E-state index contributed by atoms with van der Waals surface area (Å²) in [5, 5.41) is 8.34. The van der Waals surface area contributed by atoms with Gasteiger partial charge in [0.1, 0.15) is 5.69 Å². The van der Waals surface area contributed by atoms with Crippen molar-refractivity contribution in [2.45, 2.75) is 34.0 Å². The highest BCUT2D eigenvalue weighted by Gasteiger charge is 2.16. The molecule has 1 heterocycles. The number of hydrogen-bond donors (Lipinski definition) is 0. The Labute approximate surface area is 119 Å². The Morgan fingerprint density at radius 3 is 2.50 bits per heavy atom. The van der Waals surface area contributed by atoms with Crippen LogP contribution < -0.4 is 0 Å². The second-order valence-electron chi connectivity index (χ2n) is 4.62. The van der Waals surface area contributed by atoms with Gasteiger partial charge in [-0.3, -0.25) is 0 Å². The van der Waals surface area contributed by atoms with Crippen molar-refractivity contribution in [3.05, 3.63) is 41.2 Å². The van der Waals surface area contributed by atoms with Gasteiger partial charge >= 0.3 is 0 Å². The first-order valence-electron chi connectivity index (χ1n) is 6.88. The summed E-state index contributed by atoms with van der Waals surface area (Å²) in [6.07, 6.45) is 1.40. The van der Waals surface area contributed by atoms with Crippen molar-refractivity contribution in [3.63, 3.8) is 0 Å². The van der Waals surface area contributed by atoms with Gasteiger partial charge in [-0.15, -0.1) is 5.10 Å². The normalized spacial score (nSPS) is 11.2. The predicted molar refractivity (Wildman–Crippen MR) is 76.8 cm³/mol. The maximum atomic E-state index is 5.53. The van der Waals surface area contributed by atoms with E-state index in [0.29, 0.717) is 18.9 Å². The van der Waals surface area contributed by atoms with Crippen LogP contribution in [0.15, 0.2) is 24.4 Å². The minimum atomic E-state index is -0.455. The third kappa shape index (κ3) is 3.23. The zero-order valence-corrected chi connectivity index (χ0v) is 12.5. The fourth-order valence-corrected chi connectivity index (χ4v) is 1.99. The zero-order valence-electron chi connectivity index (χ0n) is 12.5. The van der Waals surface area contributed by atoms with Crippen LogP contribution in [0.2, 0.25) is 0 Å². The molecule has 5 nitrogen and oxygen atoms in total. The molecule has 0 aliphatic rings. The molecule has 20 heavy (non-hydrogen) atoms. The first-order chi connectivity index (χ1) is 9.65. The molecule has 0 radical (unpaired) electrons. The molecule has 0 bridgehead atoms. The third-order valence-corrected chi connectivity index (χ3v) is 3.00. The summed E-state index contributed by atoms with van der Waals surface area (Å²) in [5.41, 5.74) is 4.05. The van der Waals surface area contributed by atoms with Crippen LogP contribution >= 0.6 is 0 Å². The lowest BCUT2D eigenvalue weighted by atomic mass is 10.1. The smallest absolute Gasteiger partial charge is 0.204 e. The second kappa shape index (κ2) is 6.63. The molecular formula is C15H21N3O2. The number of ether oxygens (including phenoxy) is 2. The minimum absolute atomic E-state index is 0.455. The Hall–Kier alpha value is -1.72. The van der Waals surface area contributed by atoms with E-state index in [2.05, 4.69) is 42.4 Å². The number of aromatic nitrogens is 3. The third-order valence-electron chi connectivity index (χ3n) is 3.00. The van der Waals surface area contributed by atoms with Crippen molar-refractivity contribution in [1.82, 2.24) is 15.0 Å². The van der Waals surface area contributed by atoms with E-state index >= 15 is 0 Å². The van der Waals surface area contributed by atoms with E-state index in [-0.39, 0.29) is 0 Å². The molecule has 0 atom stereocenters. The average Bonchev–Trinajstić information content (AvgIpc) is 2.91. The lowest BCUT2D eigenvalue weighted by Gasteiger charge is -2.13. The van der Waals surface area contributed by atoms with Gasteiger partial charge in [-0.1, -0.05) is 17.3 Å². The molecule has 1 aromatic heterocycles. The van der Waals surface area contributed by atoms with Gasteiger partial charge in [0, 0.05) is 13.2 Å². The number of benzene rings is 1. The monoisotopic (exact) mass is 275 g/mol. The summed E-state index contributed by atoms with van der Waals surface area (Å²) < 4.78 is 12.8. The van der Waals surface area contributed by atoms with Gasteiger partial charge < -0.3 is 9.47 Å². The predicted octanol–water partition coefficient (Wildman–Crippen LogP) is 2.96. The van der Waals surface area contributed by atoms with Crippen LogP contribution in [0.3, 0.4) is 0 Å². The van der Waals surface area contributed by atoms with Gasteiger partial charge in [-0.05, 0) is 44.9 Å². The molecule has 0 aliphatic carbocycles. The molecule has 0 spiro atoms. The standard InChI is InChI=1S/C15H21N3O2/c1-5-19-15(20-6-2)13-10-18(17-16-13)14-9-11(3)7-8-12(14)4/h7-10,15H,5-6H2,1-4H3. The van der Waals surface area contributed by atoms with Gasteiger partial charge in [0.2, 0.25) is 6.29 Å². The number of aryl methyl sites for hydroxylation is 2. The lowest BCUT2D eigenvalue weighted by molar-refractivity contribution is -0.142. The minimum Gasteiger partial charge on any atom is -0.347 e. The number of hydrogen-bond acceptors (Lipinski definition) is 4. The molecule has 0 unspecified atom stereocenters. The van der Waals surface area contributed by atoms with E-state index in [1.807, 2.05) is 20.0 Å².